The highest BCUT2D eigenvalue weighted by molar-refractivity contribution is 5.36. The molecule has 0 amide bonds. The summed E-state index contributed by atoms with van der Waals surface area (Å²) in [4.78, 5) is 2.72. The van der Waals surface area contributed by atoms with Gasteiger partial charge in [-0.15, -0.1) is 0 Å². The Balaban J connectivity index is 1.79. The topological polar surface area (TPSA) is 3.24 Å². The lowest BCUT2D eigenvalue weighted by molar-refractivity contribution is 0.163. The number of hydrogen-bond donors (Lipinski definition) is 0. The van der Waals surface area contributed by atoms with Gasteiger partial charge in [-0.1, -0.05) is 54.6 Å². The van der Waals surface area contributed by atoms with Crippen molar-refractivity contribution < 1.29 is 0 Å². The van der Waals surface area contributed by atoms with Crippen molar-refractivity contribution in [3.8, 4) is 0 Å². The van der Waals surface area contributed by atoms with Gasteiger partial charge in [0.1, 0.15) is 0 Å². The molecule has 0 spiro atoms. The van der Waals surface area contributed by atoms with Gasteiger partial charge < -0.3 is 0 Å². The van der Waals surface area contributed by atoms with E-state index in [0.717, 1.165) is 6.42 Å². The van der Waals surface area contributed by atoms with Crippen LogP contribution in [-0.4, -0.2) is 11.4 Å². The van der Waals surface area contributed by atoms with E-state index in [-0.39, 0.29) is 0 Å². The van der Waals surface area contributed by atoms with Gasteiger partial charge in [0.05, 0.1) is 0 Å². The minimum atomic E-state index is 0.573. The van der Waals surface area contributed by atoms with Crippen LogP contribution in [0.2, 0.25) is 0 Å². The van der Waals surface area contributed by atoms with E-state index in [9.17, 15) is 0 Å². The lowest BCUT2D eigenvalue weighted by Crippen LogP contribution is -2.34. The van der Waals surface area contributed by atoms with Gasteiger partial charge in [0, 0.05) is 12.1 Å². The highest BCUT2D eigenvalue weighted by Crippen LogP contribution is 2.45. The molecule has 1 saturated heterocycles. The molecule has 1 nitrogen and oxygen atoms in total. The van der Waals surface area contributed by atoms with Crippen molar-refractivity contribution in [3.05, 3.63) is 71.3 Å². The van der Waals surface area contributed by atoms with Gasteiger partial charge in [-0.2, -0.15) is 0 Å². The molecule has 0 bridgehead atoms. The smallest absolute Gasteiger partial charge is 0.0394 e. The third-order valence-corrected chi connectivity index (χ3v) is 4.71. The van der Waals surface area contributed by atoms with Crippen LogP contribution < -0.4 is 0 Å². The Morgan fingerprint density at radius 3 is 2.53 bits per heavy atom. The van der Waals surface area contributed by atoms with Crippen LogP contribution in [0.25, 0.3) is 0 Å². The summed E-state index contributed by atoms with van der Waals surface area (Å²) < 4.78 is 0. The van der Waals surface area contributed by atoms with Crippen LogP contribution in [0.1, 0.15) is 41.6 Å². The van der Waals surface area contributed by atoms with Gasteiger partial charge in [0.15, 0.2) is 0 Å². The fraction of sp³-hybridized carbons (Fsp3) is 0.333. The molecule has 0 aromatic heterocycles. The van der Waals surface area contributed by atoms with Crippen molar-refractivity contribution in [3.63, 3.8) is 0 Å². The number of rotatable bonds is 1. The molecule has 0 N–H and O–H groups in total. The summed E-state index contributed by atoms with van der Waals surface area (Å²) in [6.45, 7) is 1.25. The second-order valence-electron chi connectivity index (χ2n) is 5.73. The Morgan fingerprint density at radius 2 is 1.63 bits per heavy atom. The monoisotopic (exact) mass is 249 g/mol. The van der Waals surface area contributed by atoms with Crippen LogP contribution in [0.4, 0.5) is 0 Å². The van der Waals surface area contributed by atoms with Crippen molar-refractivity contribution in [2.75, 3.05) is 6.54 Å². The summed E-state index contributed by atoms with van der Waals surface area (Å²) in [5.41, 5.74) is 4.61. The van der Waals surface area contributed by atoms with E-state index in [1.165, 1.54) is 24.9 Å². The largest absolute Gasteiger partial charge is 0.289 e. The van der Waals surface area contributed by atoms with Gasteiger partial charge in [0.25, 0.3) is 0 Å². The lowest BCUT2D eigenvalue weighted by atomic mass is 9.86. The van der Waals surface area contributed by atoms with Gasteiger partial charge in [-0.3, -0.25) is 4.90 Å². The highest BCUT2D eigenvalue weighted by Gasteiger charge is 2.37. The van der Waals surface area contributed by atoms with Crippen molar-refractivity contribution in [2.45, 2.75) is 31.3 Å². The maximum atomic E-state index is 2.72. The Kier molecular flexibility index (Phi) is 2.66. The van der Waals surface area contributed by atoms with Crippen LogP contribution in [0.3, 0.4) is 0 Å². The zero-order valence-electron chi connectivity index (χ0n) is 11.1. The van der Waals surface area contributed by atoms with Gasteiger partial charge in [-0.05, 0) is 42.5 Å². The Morgan fingerprint density at radius 1 is 0.842 bits per heavy atom. The average Bonchev–Trinajstić information content (AvgIpc) is 2.97. The van der Waals surface area contributed by atoms with Crippen LogP contribution in [0, 0.1) is 0 Å². The zero-order chi connectivity index (χ0) is 12.7. The number of nitrogens with zero attached hydrogens (tertiary/aromatic N) is 1. The van der Waals surface area contributed by atoms with E-state index in [1.54, 1.807) is 11.1 Å². The summed E-state index contributed by atoms with van der Waals surface area (Å²) in [6, 6.07) is 21.3. The molecule has 1 heteroatoms. The Bertz CT molecular complexity index is 575. The van der Waals surface area contributed by atoms with Crippen LogP contribution in [-0.2, 0) is 6.42 Å². The quantitative estimate of drug-likeness (QED) is 0.735. The molecule has 4 rings (SSSR count). The van der Waals surface area contributed by atoms with E-state index in [2.05, 4.69) is 59.5 Å². The second kappa shape index (κ2) is 4.50. The van der Waals surface area contributed by atoms with E-state index < -0.39 is 0 Å². The first kappa shape index (κ1) is 11.2. The van der Waals surface area contributed by atoms with E-state index in [0.29, 0.717) is 12.1 Å². The summed E-state index contributed by atoms with van der Waals surface area (Å²) >= 11 is 0. The van der Waals surface area contributed by atoms with Crippen molar-refractivity contribution in [1.29, 1.82) is 0 Å². The molecular weight excluding hydrogens is 230 g/mol. The van der Waals surface area contributed by atoms with E-state index >= 15 is 0 Å². The minimum absolute atomic E-state index is 0.573. The Hall–Kier alpha value is -1.60. The molecule has 2 aliphatic heterocycles. The highest BCUT2D eigenvalue weighted by atomic mass is 15.2. The van der Waals surface area contributed by atoms with Crippen molar-refractivity contribution in [1.82, 2.24) is 4.90 Å². The average molecular weight is 249 g/mol. The molecule has 0 radical (unpaired) electrons. The fourth-order valence-electron chi connectivity index (χ4n) is 3.85. The summed E-state index contributed by atoms with van der Waals surface area (Å²) in [7, 11) is 0. The lowest BCUT2D eigenvalue weighted by Gasteiger charge is -2.39. The predicted octanol–water partition coefficient (Wildman–Crippen LogP) is 4.12. The van der Waals surface area contributed by atoms with Crippen LogP contribution >= 0.6 is 0 Å². The SMILES string of the molecule is c1ccc([C@@H]2Cc3ccccc3[C@H]3CCCN32)cc1. The normalized spacial score (nSPS) is 25.9. The number of hydrogen-bond acceptors (Lipinski definition) is 1. The third-order valence-electron chi connectivity index (χ3n) is 4.71. The molecular formula is C18H19N. The maximum Gasteiger partial charge on any atom is 0.0394 e. The first-order valence-electron chi connectivity index (χ1n) is 7.32. The molecule has 0 aliphatic carbocycles. The Labute approximate surface area is 114 Å². The molecule has 2 aromatic rings. The van der Waals surface area contributed by atoms with Crippen molar-refractivity contribution >= 4 is 0 Å². The van der Waals surface area contributed by atoms with Gasteiger partial charge in [-0.25, -0.2) is 0 Å². The summed E-state index contributed by atoms with van der Waals surface area (Å²) in [6.07, 6.45) is 3.82. The molecule has 1 fully saturated rings. The predicted molar refractivity (Wildman–Crippen MR) is 78.0 cm³/mol. The van der Waals surface area contributed by atoms with Crippen LogP contribution in [0.15, 0.2) is 54.6 Å². The molecule has 2 aliphatic rings. The van der Waals surface area contributed by atoms with Gasteiger partial charge in [0.2, 0.25) is 0 Å². The maximum absolute atomic E-state index is 2.72. The molecule has 19 heavy (non-hydrogen) atoms. The second-order valence-corrected chi connectivity index (χ2v) is 5.73. The van der Waals surface area contributed by atoms with E-state index in [4.69, 9.17) is 0 Å². The summed E-state index contributed by atoms with van der Waals surface area (Å²) in [5, 5.41) is 0. The molecule has 0 saturated carbocycles. The number of fused-ring (bicyclic) bond motifs is 3. The van der Waals surface area contributed by atoms with Gasteiger partial charge >= 0.3 is 0 Å². The first-order chi connectivity index (χ1) is 9.43. The van der Waals surface area contributed by atoms with Crippen molar-refractivity contribution in [2.24, 2.45) is 0 Å². The van der Waals surface area contributed by atoms with E-state index in [1.807, 2.05) is 0 Å². The molecule has 96 valence electrons. The molecule has 2 atom stereocenters. The van der Waals surface area contributed by atoms with Crippen LogP contribution in [0.5, 0.6) is 0 Å². The minimum Gasteiger partial charge on any atom is -0.289 e. The molecule has 2 aromatic carbocycles. The first-order valence-corrected chi connectivity index (χ1v) is 7.32. The summed E-state index contributed by atoms with van der Waals surface area (Å²) in [5.74, 6) is 0. The number of benzene rings is 2. The zero-order valence-corrected chi connectivity index (χ0v) is 11.1. The third kappa shape index (κ3) is 1.81. The fourth-order valence-corrected chi connectivity index (χ4v) is 3.85. The standard InChI is InChI=1S/C18H19N/c1-2-7-14(8-3-1)18-13-15-9-4-5-10-16(15)17-11-6-12-19(17)18/h1-5,7-10,17-18H,6,11-13H2/t17-,18+/m1/s1. The molecule has 2 heterocycles. The molecule has 0 unspecified atom stereocenters.